The van der Waals surface area contributed by atoms with Crippen LogP contribution in [0.5, 0.6) is 0 Å². The maximum absolute atomic E-state index is 10.6. The number of rotatable bonds is 2. The second-order valence-electron chi connectivity index (χ2n) is 5.42. The van der Waals surface area contributed by atoms with Crippen molar-refractivity contribution in [3.8, 4) is 5.69 Å². The number of aryl methyl sites for hydroxylation is 1. The third-order valence-electron chi connectivity index (χ3n) is 3.54. The molecule has 0 aliphatic rings. The van der Waals surface area contributed by atoms with Gasteiger partial charge in [-0.05, 0) is 23.2 Å². The van der Waals surface area contributed by atoms with Crippen molar-refractivity contribution < 1.29 is 30.0 Å². The fourth-order valence-electron chi connectivity index (χ4n) is 2.31. The molecule has 6 heteroatoms. The van der Waals surface area contributed by atoms with Gasteiger partial charge in [0.2, 0.25) is 0 Å². The van der Waals surface area contributed by atoms with Crippen molar-refractivity contribution in [3.63, 3.8) is 0 Å². The monoisotopic (exact) mass is 523 g/mol. The van der Waals surface area contributed by atoms with Crippen LogP contribution in [0, 0.1) is 13.0 Å². The van der Waals surface area contributed by atoms with Crippen LogP contribution in [-0.4, -0.2) is 25.8 Å². The van der Waals surface area contributed by atoms with Crippen molar-refractivity contribution >= 4 is 16.7 Å². The Morgan fingerprint density at radius 3 is 2.54 bits per heavy atom. The number of hydrogen-bond acceptors (Lipinski definition) is 3. The smallest absolute Gasteiger partial charge is 0.354 e. The van der Waals surface area contributed by atoms with E-state index in [1.54, 1.807) is 23.1 Å². The van der Waals surface area contributed by atoms with Crippen LogP contribution in [0.1, 0.15) is 16.1 Å². The van der Waals surface area contributed by atoms with E-state index in [2.05, 4.69) is 23.1 Å². The molecular weight excluding hydrogens is 506 g/mol. The summed E-state index contributed by atoms with van der Waals surface area (Å²) >= 11 is 0. The van der Waals surface area contributed by atoms with Gasteiger partial charge in [-0.1, -0.05) is 31.2 Å². The molecule has 0 saturated heterocycles. The van der Waals surface area contributed by atoms with Crippen LogP contribution in [-0.2, 0) is 20.1 Å². The first-order valence-electron chi connectivity index (χ1n) is 7.70. The molecule has 0 spiro atoms. The van der Waals surface area contributed by atoms with Gasteiger partial charge in [-0.15, -0.1) is 6.07 Å². The molecule has 0 fully saturated rings. The Balaban J connectivity index is 0.000000180. The van der Waals surface area contributed by atoms with E-state index in [4.69, 9.17) is 5.11 Å². The zero-order valence-electron chi connectivity index (χ0n) is 14.0. The Morgan fingerprint density at radius 1 is 1.12 bits per heavy atom. The van der Waals surface area contributed by atoms with Crippen LogP contribution in [0.3, 0.4) is 0 Å². The first-order valence-corrected chi connectivity index (χ1v) is 7.70. The van der Waals surface area contributed by atoms with E-state index in [0.29, 0.717) is 0 Å². The molecule has 0 atom stereocenters. The number of benzene rings is 2. The summed E-state index contributed by atoms with van der Waals surface area (Å²) in [6.07, 6.45) is 5.24. The minimum Gasteiger partial charge on any atom is -0.477 e. The van der Waals surface area contributed by atoms with Gasteiger partial charge in [-0.25, -0.2) is 9.78 Å². The number of aromatic nitrogens is 3. The first kappa shape index (κ1) is 19.5. The summed E-state index contributed by atoms with van der Waals surface area (Å²) in [6.45, 7) is 2.06. The number of fused-ring (bicyclic) bond motifs is 1. The number of hydrogen-bond donors (Lipinski definition) is 1. The van der Waals surface area contributed by atoms with Gasteiger partial charge in [0.1, 0.15) is 5.69 Å². The Hall–Kier alpha value is -2.82. The van der Waals surface area contributed by atoms with Crippen molar-refractivity contribution in [1.82, 2.24) is 14.8 Å². The van der Waals surface area contributed by atoms with Crippen LogP contribution in [0.15, 0.2) is 73.2 Å². The Labute approximate surface area is 164 Å². The largest absolute Gasteiger partial charge is 0.477 e. The van der Waals surface area contributed by atoms with Gasteiger partial charge in [0.05, 0.1) is 0 Å². The molecule has 0 unspecified atom stereocenters. The van der Waals surface area contributed by atoms with E-state index >= 15 is 0 Å². The molecule has 133 valence electrons. The van der Waals surface area contributed by atoms with Crippen molar-refractivity contribution in [3.05, 3.63) is 90.5 Å². The predicted molar refractivity (Wildman–Crippen MR) is 95.8 cm³/mol. The second kappa shape index (κ2) is 9.04. The molecule has 0 aliphatic carbocycles. The summed E-state index contributed by atoms with van der Waals surface area (Å²) < 4.78 is 1.80. The third kappa shape index (κ3) is 4.85. The summed E-state index contributed by atoms with van der Waals surface area (Å²) in [5.74, 6) is -0.995. The predicted octanol–water partition coefficient (Wildman–Crippen LogP) is 3.91. The van der Waals surface area contributed by atoms with Gasteiger partial charge in [-0.3, -0.25) is 4.68 Å². The summed E-state index contributed by atoms with van der Waals surface area (Å²) in [7, 11) is 0. The Bertz CT molecular complexity index is 1000. The molecular formula is C20H16IrN3O2-. The van der Waals surface area contributed by atoms with Crippen LogP contribution in [0.25, 0.3) is 16.5 Å². The van der Waals surface area contributed by atoms with Gasteiger partial charge < -0.3 is 5.11 Å². The molecule has 2 heterocycles. The van der Waals surface area contributed by atoms with Crippen molar-refractivity contribution in [2.45, 2.75) is 6.92 Å². The Morgan fingerprint density at radius 2 is 1.88 bits per heavy atom. The van der Waals surface area contributed by atoms with E-state index < -0.39 is 5.97 Å². The molecule has 0 amide bonds. The molecule has 4 rings (SSSR count). The number of carboxylic acid groups (broad SMARTS) is 1. The third-order valence-corrected chi connectivity index (χ3v) is 3.54. The fraction of sp³-hybridized carbons (Fsp3) is 0.0500. The molecule has 0 bridgehead atoms. The van der Waals surface area contributed by atoms with Gasteiger partial charge in [0.15, 0.2) is 0 Å². The van der Waals surface area contributed by atoms with Crippen LogP contribution >= 0.6 is 0 Å². The summed E-state index contributed by atoms with van der Waals surface area (Å²) in [5, 5.41) is 14.6. The fourth-order valence-corrected chi connectivity index (χ4v) is 2.31. The van der Waals surface area contributed by atoms with Gasteiger partial charge >= 0.3 is 5.97 Å². The normalized spacial score (nSPS) is 9.73. The van der Waals surface area contributed by atoms with Gasteiger partial charge in [-0.2, -0.15) is 28.9 Å². The second-order valence-corrected chi connectivity index (χ2v) is 5.42. The van der Waals surface area contributed by atoms with E-state index in [1.807, 2.05) is 54.7 Å². The molecule has 1 radical (unpaired) electrons. The van der Waals surface area contributed by atoms with Gasteiger partial charge in [0.25, 0.3) is 0 Å². The quantitative estimate of drug-likeness (QED) is 0.406. The molecule has 4 aromatic rings. The molecule has 2 aromatic heterocycles. The molecule has 2 aromatic carbocycles. The number of carbonyl (C=O) groups is 1. The van der Waals surface area contributed by atoms with Crippen molar-refractivity contribution in [2.75, 3.05) is 0 Å². The molecule has 5 nitrogen and oxygen atoms in total. The van der Waals surface area contributed by atoms with E-state index in [-0.39, 0.29) is 25.8 Å². The van der Waals surface area contributed by atoms with E-state index in [0.717, 1.165) is 16.5 Å². The molecule has 0 saturated carbocycles. The summed E-state index contributed by atoms with van der Waals surface area (Å²) in [5.41, 5.74) is 2.29. The van der Waals surface area contributed by atoms with Crippen molar-refractivity contribution in [1.29, 1.82) is 0 Å². The minimum absolute atomic E-state index is 0. The number of carboxylic acids is 1. The molecule has 26 heavy (non-hydrogen) atoms. The minimum atomic E-state index is -0.995. The molecule has 0 aliphatic heterocycles. The Kier molecular flexibility index (Phi) is 6.78. The van der Waals surface area contributed by atoms with Crippen LogP contribution < -0.4 is 0 Å². The van der Waals surface area contributed by atoms with Crippen LogP contribution in [0.4, 0.5) is 0 Å². The standard InChI is InChI=1S/C10H9N2.C10H7NO2.Ir/c1-9-4-2-5-10(8-9)12-7-3-6-11-12;12-10(13)9-5-7-3-1-2-4-8(7)6-11-9;/h2-4,6-8H,1H3;1-6H,(H,12,13);/q-1;;. The SMILES string of the molecule is Cc1cc[c-]c(-n2cccn2)c1.O=C(O)c1cc2ccccc2cn1.[Ir]. The summed E-state index contributed by atoms with van der Waals surface area (Å²) in [6, 6.07) is 20.1. The maximum atomic E-state index is 10.6. The first-order chi connectivity index (χ1) is 12.1. The van der Waals surface area contributed by atoms with Crippen LogP contribution in [0.2, 0.25) is 0 Å². The maximum Gasteiger partial charge on any atom is 0.354 e. The topological polar surface area (TPSA) is 68.0 Å². The zero-order valence-corrected chi connectivity index (χ0v) is 16.4. The average Bonchev–Trinajstić information content (AvgIpc) is 3.16. The number of nitrogens with zero attached hydrogens (tertiary/aromatic N) is 3. The number of pyridine rings is 1. The zero-order chi connectivity index (χ0) is 17.6. The van der Waals surface area contributed by atoms with Gasteiger partial charge in [0, 0.05) is 44.1 Å². The summed E-state index contributed by atoms with van der Waals surface area (Å²) in [4.78, 5) is 14.4. The average molecular weight is 523 g/mol. The van der Waals surface area contributed by atoms with E-state index in [1.165, 1.54) is 5.56 Å². The van der Waals surface area contributed by atoms with E-state index in [9.17, 15) is 4.79 Å². The molecule has 1 N–H and O–H groups in total. The van der Waals surface area contributed by atoms with Crippen molar-refractivity contribution in [2.24, 2.45) is 0 Å². The number of aromatic carboxylic acids is 1.